The lowest BCUT2D eigenvalue weighted by molar-refractivity contribution is -0.151. The summed E-state index contributed by atoms with van der Waals surface area (Å²) in [6.07, 6.45) is 62.2. The second-order valence-corrected chi connectivity index (χ2v) is 16.8. The van der Waals surface area contributed by atoms with Gasteiger partial charge in [0, 0.05) is 6.42 Å². The number of hydrogen-bond donors (Lipinski definition) is 3. The molecule has 6 nitrogen and oxygen atoms in total. The van der Waals surface area contributed by atoms with Crippen LogP contribution in [0, 0.1) is 0 Å². The molecule has 0 rings (SSSR count). The number of unbranched alkanes of at least 4 members (excludes halogenated alkanes) is 18. The third-order valence-corrected chi connectivity index (χ3v) is 11.0. The molecule has 350 valence electrons. The highest BCUT2D eigenvalue weighted by atomic mass is 16.5. The number of aliphatic hydroxyl groups is 2. The quantitative estimate of drug-likeness (QED) is 0.0322. The average Bonchev–Trinajstić information content (AvgIpc) is 3.25. The number of carbonyl (C=O) groups excluding carboxylic acids is 2. The van der Waals surface area contributed by atoms with E-state index in [0.717, 1.165) is 109 Å². The van der Waals surface area contributed by atoms with E-state index in [1.807, 2.05) is 0 Å². The monoisotopic (exact) mass is 850 g/mol. The smallest absolute Gasteiger partial charge is 0.306 e. The van der Waals surface area contributed by atoms with Crippen molar-refractivity contribution in [1.29, 1.82) is 0 Å². The van der Waals surface area contributed by atoms with Crippen LogP contribution in [-0.2, 0) is 14.3 Å². The van der Waals surface area contributed by atoms with E-state index in [-0.39, 0.29) is 24.9 Å². The zero-order chi connectivity index (χ0) is 44.5. The first kappa shape index (κ1) is 58.0. The summed E-state index contributed by atoms with van der Waals surface area (Å²) in [6.45, 7) is 6.23. The van der Waals surface area contributed by atoms with Gasteiger partial charge >= 0.3 is 5.97 Å². The Morgan fingerprint density at radius 3 is 1.34 bits per heavy atom. The van der Waals surface area contributed by atoms with Gasteiger partial charge in [-0.15, -0.1) is 0 Å². The molecule has 0 saturated carbocycles. The van der Waals surface area contributed by atoms with Gasteiger partial charge in [-0.1, -0.05) is 202 Å². The summed E-state index contributed by atoms with van der Waals surface area (Å²) >= 11 is 0. The van der Waals surface area contributed by atoms with Crippen molar-refractivity contribution < 1.29 is 24.5 Å². The minimum atomic E-state index is -0.807. The molecule has 0 aromatic carbocycles. The van der Waals surface area contributed by atoms with E-state index in [4.69, 9.17) is 4.74 Å². The fourth-order valence-electron chi connectivity index (χ4n) is 7.20. The summed E-state index contributed by atoms with van der Waals surface area (Å²) < 4.78 is 5.89. The second kappa shape index (κ2) is 48.1. The maximum absolute atomic E-state index is 13.2. The van der Waals surface area contributed by atoms with Crippen molar-refractivity contribution in [2.45, 2.75) is 244 Å². The molecule has 61 heavy (non-hydrogen) atoms. The minimum Gasteiger partial charge on any atom is -0.462 e. The fraction of sp³-hybridized carbons (Fsp3) is 0.709. The molecule has 1 amide bonds. The fourth-order valence-corrected chi connectivity index (χ4v) is 7.20. The van der Waals surface area contributed by atoms with Gasteiger partial charge in [0.1, 0.15) is 6.10 Å². The van der Waals surface area contributed by atoms with E-state index >= 15 is 0 Å². The summed E-state index contributed by atoms with van der Waals surface area (Å²) in [4.78, 5) is 26.1. The first-order chi connectivity index (χ1) is 30.0. The van der Waals surface area contributed by atoms with Gasteiger partial charge in [0.25, 0.3) is 0 Å². The predicted molar refractivity (Wildman–Crippen MR) is 264 cm³/mol. The van der Waals surface area contributed by atoms with Gasteiger partial charge in [0.2, 0.25) is 5.91 Å². The van der Waals surface area contributed by atoms with E-state index in [2.05, 4.69) is 111 Å². The van der Waals surface area contributed by atoms with Gasteiger partial charge in [0.05, 0.1) is 25.2 Å². The van der Waals surface area contributed by atoms with Crippen LogP contribution in [0.15, 0.2) is 85.1 Å². The number of ether oxygens (including phenoxy) is 1. The average molecular weight is 850 g/mol. The van der Waals surface area contributed by atoms with E-state index in [1.165, 1.54) is 70.6 Å². The van der Waals surface area contributed by atoms with Crippen molar-refractivity contribution in [3.05, 3.63) is 85.1 Å². The Hall–Kier alpha value is -2.96. The standard InChI is InChI=1S/C55H95NO5/c1-4-7-10-13-16-19-22-25-27-28-30-33-36-39-42-45-48-55(60)61-51(46-43-40-37-34-31-24-21-18-15-12-9-6-3)49-54(59)56-52(50-57)53(58)47-44-41-38-35-32-29-26-23-20-17-14-11-8-5-2/h7,9-10,12,16,18-19,21,25,27,30-31,33-34,51-53,57-58H,4-6,8,11,13-15,17,20,22-24,26,28-29,32,35-50H2,1-3H3,(H,56,59)/b10-7+,12-9+,19-16+,21-18+,27-25+,33-30+,34-31+. The zero-order valence-corrected chi connectivity index (χ0v) is 39.8. The van der Waals surface area contributed by atoms with Gasteiger partial charge in [-0.2, -0.15) is 0 Å². The molecular formula is C55H95NO5. The maximum Gasteiger partial charge on any atom is 0.306 e. The van der Waals surface area contributed by atoms with Gasteiger partial charge < -0.3 is 20.3 Å². The highest BCUT2D eigenvalue weighted by molar-refractivity contribution is 5.77. The Morgan fingerprint density at radius 2 is 0.885 bits per heavy atom. The number of allylic oxidation sites excluding steroid dienone is 14. The van der Waals surface area contributed by atoms with Crippen LogP contribution in [0.2, 0.25) is 0 Å². The molecule has 0 heterocycles. The van der Waals surface area contributed by atoms with Crippen molar-refractivity contribution in [2.24, 2.45) is 0 Å². The largest absolute Gasteiger partial charge is 0.462 e. The van der Waals surface area contributed by atoms with Crippen LogP contribution in [-0.4, -0.2) is 46.9 Å². The Morgan fingerprint density at radius 1 is 0.492 bits per heavy atom. The number of esters is 1. The first-order valence-electron chi connectivity index (χ1n) is 25.3. The molecule has 3 atom stereocenters. The van der Waals surface area contributed by atoms with Crippen LogP contribution in [0.3, 0.4) is 0 Å². The summed E-state index contributed by atoms with van der Waals surface area (Å²) in [6, 6.07) is -0.724. The summed E-state index contributed by atoms with van der Waals surface area (Å²) in [5, 5.41) is 23.7. The van der Waals surface area contributed by atoms with Crippen molar-refractivity contribution in [1.82, 2.24) is 5.32 Å². The van der Waals surface area contributed by atoms with Crippen molar-refractivity contribution in [3.63, 3.8) is 0 Å². The number of hydrogen-bond acceptors (Lipinski definition) is 5. The van der Waals surface area contributed by atoms with Gasteiger partial charge in [-0.25, -0.2) is 0 Å². The molecule has 0 bridgehead atoms. The Balaban J connectivity index is 4.66. The number of nitrogens with one attached hydrogen (secondary N) is 1. The summed E-state index contributed by atoms with van der Waals surface area (Å²) in [5.74, 6) is -0.554. The lowest BCUT2D eigenvalue weighted by atomic mass is 10.0. The van der Waals surface area contributed by atoms with Crippen LogP contribution in [0.25, 0.3) is 0 Å². The first-order valence-corrected chi connectivity index (χ1v) is 25.3. The van der Waals surface area contributed by atoms with E-state index in [1.54, 1.807) is 0 Å². The SMILES string of the molecule is CC/C=C/C/C=C/C/C=C/C/C=C/CCCCCC(=O)OC(CCCC/C=C/C/C=C/C/C=C/CC)CC(=O)NC(CO)C(O)CCCCCCCCCCCCCCCC. The van der Waals surface area contributed by atoms with Crippen LogP contribution in [0.1, 0.15) is 226 Å². The topological polar surface area (TPSA) is 95.9 Å². The lowest BCUT2D eigenvalue weighted by Gasteiger charge is -2.24. The van der Waals surface area contributed by atoms with Crippen LogP contribution in [0.5, 0.6) is 0 Å². The zero-order valence-electron chi connectivity index (χ0n) is 39.8. The molecule has 6 heteroatoms. The lowest BCUT2D eigenvalue weighted by Crippen LogP contribution is -2.46. The van der Waals surface area contributed by atoms with Gasteiger partial charge in [-0.05, 0) is 96.3 Å². The Labute approximate surface area is 376 Å². The van der Waals surface area contributed by atoms with Crippen LogP contribution >= 0.6 is 0 Å². The Kier molecular flexibility index (Phi) is 45.7. The minimum absolute atomic E-state index is 0.0345. The molecule has 0 fully saturated rings. The second-order valence-electron chi connectivity index (χ2n) is 16.8. The third kappa shape index (κ3) is 43.5. The highest BCUT2D eigenvalue weighted by Crippen LogP contribution is 2.17. The molecular weight excluding hydrogens is 755 g/mol. The predicted octanol–water partition coefficient (Wildman–Crippen LogP) is 15.2. The van der Waals surface area contributed by atoms with Gasteiger partial charge in [-0.3, -0.25) is 9.59 Å². The van der Waals surface area contributed by atoms with E-state index in [0.29, 0.717) is 19.3 Å². The molecule has 0 aromatic rings. The van der Waals surface area contributed by atoms with E-state index in [9.17, 15) is 19.8 Å². The number of carbonyl (C=O) groups is 2. The molecule has 3 unspecified atom stereocenters. The molecule has 0 aliphatic carbocycles. The van der Waals surface area contributed by atoms with Crippen molar-refractivity contribution in [2.75, 3.05) is 6.61 Å². The highest BCUT2D eigenvalue weighted by Gasteiger charge is 2.24. The molecule has 3 N–H and O–H groups in total. The van der Waals surface area contributed by atoms with E-state index < -0.39 is 18.2 Å². The van der Waals surface area contributed by atoms with Crippen molar-refractivity contribution >= 4 is 11.9 Å². The number of aliphatic hydroxyl groups excluding tert-OH is 2. The van der Waals surface area contributed by atoms with Crippen molar-refractivity contribution in [3.8, 4) is 0 Å². The third-order valence-electron chi connectivity index (χ3n) is 11.0. The molecule has 0 radical (unpaired) electrons. The molecule has 0 saturated heterocycles. The summed E-state index contributed by atoms with van der Waals surface area (Å²) in [7, 11) is 0. The summed E-state index contributed by atoms with van der Waals surface area (Å²) in [5.41, 5.74) is 0. The van der Waals surface area contributed by atoms with Gasteiger partial charge in [0.15, 0.2) is 0 Å². The molecule has 0 aliphatic rings. The van der Waals surface area contributed by atoms with Crippen LogP contribution in [0.4, 0.5) is 0 Å². The number of rotatable bonds is 44. The number of amides is 1. The Bertz CT molecular complexity index is 1180. The molecule has 0 aliphatic heterocycles. The molecule has 0 aromatic heterocycles. The molecule has 0 spiro atoms. The normalized spacial score (nSPS) is 14.0. The van der Waals surface area contributed by atoms with Crippen LogP contribution < -0.4 is 5.32 Å². The maximum atomic E-state index is 13.2.